The Balaban J connectivity index is 0. The van der Waals surface area contributed by atoms with Crippen molar-refractivity contribution < 1.29 is 0 Å². The van der Waals surface area contributed by atoms with E-state index in [-0.39, 0.29) is 29.6 Å². The predicted molar refractivity (Wildman–Crippen MR) is 44.3 cm³/mol. The van der Waals surface area contributed by atoms with Crippen molar-refractivity contribution in [2.75, 3.05) is 0 Å². The Morgan fingerprint density at radius 1 is 0.875 bits per heavy atom. The van der Waals surface area contributed by atoms with Crippen molar-refractivity contribution in [1.29, 1.82) is 0 Å². The standard InChI is InChI=1S/C6H15B.Na.H/c1-4-7(5-2)6-3;;/h4-6H2,1-3H3;;. The fraction of sp³-hybridized carbons (Fsp3) is 1.00. The summed E-state index contributed by atoms with van der Waals surface area (Å²) in [5, 5.41) is 0. The van der Waals surface area contributed by atoms with Crippen molar-refractivity contribution in [3.8, 4) is 0 Å². The average molecular weight is 122 g/mol. The first-order chi connectivity index (χ1) is 3.35. The van der Waals surface area contributed by atoms with Crippen LogP contribution in [0.1, 0.15) is 20.8 Å². The van der Waals surface area contributed by atoms with Crippen LogP contribution >= 0.6 is 0 Å². The molecule has 0 aliphatic heterocycles. The summed E-state index contributed by atoms with van der Waals surface area (Å²) in [7, 11) is 0. The van der Waals surface area contributed by atoms with Gasteiger partial charge in [0.25, 0.3) is 0 Å². The van der Waals surface area contributed by atoms with Gasteiger partial charge in [-0.1, -0.05) is 39.7 Å². The summed E-state index contributed by atoms with van der Waals surface area (Å²) < 4.78 is 0. The molecule has 0 aliphatic carbocycles. The maximum absolute atomic E-state index is 2.26. The van der Waals surface area contributed by atoms with Crippen LogP contribution in [-0.2, 0) is 0 Å². The molecule has 0 atom stereocenters. The van der Waals surface area contributed by atoms with Gasteiger partial charge < -0.3 is 0 Å². The van der Waals surface area contributed by atoms with Crippen molar-refractivity contribution in [3.05, 3.63) is 0 Å². The molecule has 0 saturated heterocycles. The quantitative estimate of drug-likeness (QED) is 0.501. The zero-order chi connectivity index (χ0) is 5.70. The van der Waals surface area contributed by atoms with E-state index in [0.29, 0.717) is 0 Å². The summed E-state index contributed by atoms with van der Waals surface area (Å²) >= 11 is 0. The molecule has 8 heavy (non-hydrogen) atoms. The van der Waals surface area contributed by atoms with Crippen molar-refractivity contribution in [2.45, 2.75) is 39.7 Å². The van der Waals surface area contributed by atoms with Gasteiger partial charge in [0, 0.05) is 0 Å². The van der Waals surface area contributed by atoms with Crippen LogP contribution in [0.5, 0.6) is 0 Å². The van der Waals surface area contributed by atoms with E-state index >= 15 is 0 Å². The summed E-state index contributed by atoms with van der Waals surface area (Å²) in [4.78, 5) is 0. The SMILES string of the molecule is CCB(CC)CC.[NaH]. The average Bonchev–Trinajstić information content (AvgIpc) is 1.72. The maximum atomic E-state index is 2.26. The Morgan fingerprint density at radius 2 is 1.12 bits per heavy atom. The van der Waals surface area contributed by atoms with Crippen LogP contribution in [0.4, 0.5) is 0 Å². The van der Waals surface area contributed by atoms with Gasteiger partial charge in [0.05, 0.1) is 0 Å². The molecule has 0 unspecified atom stereocenters. The van der Waals surface area contributed by atoms with Gasteiger partial charge in [-0.05, 0) is 0 Å². The van der Waals surface area contributed by atoms with Crippen LogP contribution in [0.25, 0.3) is 0 Å². The molecule has 0 aliphatic rings. The van der Waals surface area contributed by atoms with Crippen molar-refractivity contribution in [3.63, 3.8) is 0 Å². The fourth-order valence-electron chi connectivity index (χ4n) is 0.866. The Labute approximate surface area is 75.8 Å². The normalized spacial score (nSPS) is 7.88. The summed E-state index contributed by atoms with van der Waals surface area (Å²) in [6.07, 6.45) is 4.06. The van der Waals surface area contributed by atoms with Crippen LogP contribution < -0.4 is 0 Å². The van der Waals surface area contributed by atoms with Crippen molar-refractivity contribution in [1.82, 2.24) is 0 Å². The van der Waals surface area contributed by atoms with Crippen LogP contribution in [0, 0.1) is 0 Å². The summed E-state index contributed by atoms with van der Waals surface area (Å²) in [6, 6.07) is 0. The molecule has 0 bridgehead atoms. The van der Waals surface area contributed by atoms with E-state index in [1.807, 2.05) is 0 Å². The van der Waals surface area contributed by atoms with Crippen LogP contribution in [0.3, 0.4) is 0 Å². The third-order valence-electron chi connectivity index (χ3n) is 1.73. The minimum absolute atomic E-state index is 0. The van der Waals surface area contributed by atoms with Gasteiger partial charge in [-0.3, -0.25) is 0 Å². The Morgan fingerprint density at radius 3 is 1.12 bits per heavy atom. The van der Waals surface area contributed by atoms with Gasteiger partial charge in [-0.25, -0.2) is 0 Å². The zero-order valence-corrected chi connectivity index (χ0v) is 5.70. The molecular weight excluding hydrogens is 106 g/mol. The Bertz CT molecular complexity index is 30.0. The molecule has 2 heteroatoms. The monoisotopic (exact) mass is 122 g/mol. The topological polar surface area (TPSA) is 0 Å². The Hall–Kier alpha value is 1.06. The summed E-state index contributed by atoms with van der Waals surface area (Å²) in [6.45, 7) is 7.77. The molecule has 0 heterocycles. The second kappa shape index (κ2) is 8.06. The molecular formula is C6H16BNa. The van der Waals surface area contributed by atoms with E-state index in [9.17, 15) is 0 Å². The molecule has 0 saturated carbocycles. The van der Waals surface area contributed by atoms with Crippen molar-refractivity contribution in [2.24, 2.45) is 0 Å². The van der Waals surface area contributed by atoms with Gasteiger partial charge in [0.15, 0.2) is 0 Å². The molecule has 0 radical (unpaired) electrons. The first kappa shape index (κ1) is 11.8. The molecule has 0 nitrogen and oxygen atoms in total. The first-order valence-electron chi connectivity index (χ1n) is 3.35. The van der Waals surface area contributed by atoms with E-state index < -0.39 is 0 Å². The van der Waals surface area contributed by atoms with E-state index in [0.717, 1.165) is 6.71 Å². The molecule has 0 aromatic carbocycles. The third-order valence-corrected chi connectivity index (χ3v) is 1.73. The van der Waals surface area contributed by atoms with Crippen LogP contribution in [0.15, 0.2) is 0 Å². The first-order valence-corrected chi connectivity index (χ1v) is 3.35. The van der Waals surface area contributed by atoms with Gasteiger partial charge in [0.2, 0.25) is 0 Å². The van der Waals surface area contributed by atoms with Gasteiger partial charge in [0.1, 0.15) is 6.71 Å². The second-order valence-corrected chi connectivity index (χ2v) is 2.09. The molecule has 44 valence electrons. The minimum atomic E-state index is 0. The zero-order valence-electron chi connectivity index (χ0n) is 5.70. The van der Waals surface area contributed by atoms with E-state index in [4.69, 9.17) is 0 Å². The number of rotatable bonds is 3. The number of hydrogen-bond acceptors (Lipinski definition) is 0. The Kier molecular flexibility index (Phi) is 11.9. The fourth-order valence-corrected chi connectivity index (χ4v) is 0.866. The second-order valence-electron chi connectivity index (χ2n) is 2.09. The molecule has 0 fully saturated rings. The summed E-state index contributed by atoms with van der Waals surface area (Å²) in [5.74, 6) is 0. The molecule has 0 N–H and O–H groups in total. The molecule has 0 rings (SSSR count). The molecule has 0 spiro atoms. The molecule has 0 aromatic heterocycles. The van der Waals surface area contributed by atoms with Gasteiger partial charge >= 0.3 is 29.6 Å². The number of hydrogen-bond donors (Lipinski definition) is 0. The van der Waals surface area contributed by atoms with E-state index in [1.54, 1.807) is 0 Å². The third kappa shape index (κ3) is 5.21. The predicted octanol–water partition coefficient (Wildman–Crippen LogP) is 1.89. The molecule has 0 aromatic rings. The van der Waals surface area contributed by atoms with Gasteiger partial charge in [-0.2, -0.15) is 0 Å². The van der Waals surface area contributed by atoms with Crippen LogP contribution in [-0.4, -0.2) is 36.3 Å². The van der Waals surface area contributed by atoms with Crippen molar-refractivity contribution >= 4 is 36.3 Å². The molecule has 0 amide bonds. The summed E-state index contributed by atoms with van der Waals surface area (Å²) in [5.41, 5.74) is 0. The van der Waals surface area contributed by atoms with Gasteiger partial charge in [-0.15, -0.1) is 0 Å². The van der Waals surface area contributed by atoms with E-state index in [1.165, 1.54) is 19.0 Å². The van der Waals surface area contributed by atoms with Crippen LogP contribution in [0.2, 0.25) is 19.0 Å². The van der Waals surface area contributed by atoms with E-state index in [2.05, 4.69) is 20.8 Å².